The van der Waals surface area contributed by atoms with E-state index in [4.69, 9.17) is 29.6 Å². The van der Waals surface area contributed by atoms with Crippen LogP contribution in [0.25, 0.3) is 0 Å². The maximum Gasteiger partial charge on any atom is 0.272 e. The van der Waals surface area contributed by atoms with Gasteiger partial charge in [-0.3, -0.25) is 4.72 Å². The molecule has 106 valence electrons. The second-order valence-electron chi connectivity index (χ2n) is 3.72. The zero-order valence-corrected chi connectivity index (χ0v) is 14.6. The molecule has 0 spiro atoms. The Morgan fingerprint density at radius 1 is 1.40 bits per heavy atom. The third-order valence-electron chi connectivity index (χ3n) is 2.32. The first-order chi connectivity index (χ1) is 9.31. The van der Waals surface area contributed by atoms with Crippen LogP contribution in [0.1, 0.15) is 5.56 Å². The maximum atomic E-state index is 12.3. The van der Waals surface area contributed by atoms with Crippen molar-refractivity contribution >= 4 is 71.8 Å². The quantitative estimate of drug-likeness (QED) is 0.754. The molecule has 20 heavy (non-hydrogen) atoms. The van der Waals surface area contributed by atoms with Crippen LogP contribution in [-0.4, -0.2) is 13.4 Å². The topological polar surface area (TPSA) is 72.2 Å². The fraction of sp³-hybridized carbons (Fsp3) is 0. The lowest BCUT2D eigenvalue weighted by Crippen LogP contribution is -2.14. The monoisotopic (exact) mass is 410 g/mol. The summed E-state index contributed by atoms with van der Waals surface area (Å²) in [7, 11) is -3.71. The summed E-state index contributed by atoms with van der Waals surface area (Å²) < 4.78 is 27.6. The summed E-state index contributed by atoms with van der Waals surface area (Å²) in [6, 6.07) is 6.33. The van der Waals surface area contributed by atoms with Crippen LogP contribution < -0.4 is 10.5 Å². The van der Waals surface area contributed by atoms with Gasteiger partial charge in [-0.25, -0.2) is 8.42 Å². The standard InChI is InChI=1S/C11H8BrClN2O2S3/c12-7-3-4-19-11(7)20(16,17)15-9-5-6(10(14)18)1-2-8(9)13/h1-5,15H,(H2,14,18). The maximum absolute atomic E-state index is 12.3. The number of rotatable bonds is 4. The molecule has 9 heteroatoms. The van der Waals surface area contributed by atoms with Crippen LogP contribution in [0.15, 0.2) is 38.3 Å². The number of hydrogen-bond acceptors (Lipinski definition) is 4. The molecule has 3 N–H and O–H groups in total. The molecule has 0 fully saturated rings. The number of hydrogen-bond donors (Lipinski definition) is 2. The third-order valence-corrected chi connectivity index (χ3v) is 6.92. The molecule has 0 aliphatic heterocycles. The van der Waals surface area contributed by atoms with E-state index in [1.165, 1.54) is 12.1 Å². The van der Waals surface area contributed by atoms with Gasteiger partial charge in [0.15, 0.2) is 4.21 Å². The third kappa shape index (κ3) is 3.32. The van der Waals surface area contributed by atoms with Crippen LogP contribution in [0.2, 0.25) is 5.02 Å². The predicted octanol–water partition coefficient (Wildman–Crippen LogP) is 3.60. The number of benzene rings is 1. The predicted molar refractivity (Wildman–Crippen MR) is 90.2 cm³/mol. The molecule has 0 unspecified atom stereocenters. The van der Waals surface area contributed by atoms with Crippen LogP contribution >= 0.6 is 51.1 Å². The molecule has 2 aromatic rings. The van der Waals surface area contributed by atoms with Gasteiger partial charge in [0, 0.05) is 10.0 Å². The second-order valence-corrected chi connectivity index (χ2v) is 8.22. The van der Waals surface area contributed by atoms with Gasteiger partial charge in [-0.05, 0) is 39.5 Å². The molecular formula is C11H8BrClN2O2S3. The SMILES string of the molecule is NC(=S)c1ccc(Cl)c(NS(=O)(=O)c2sccc2Br)c1. The minimum atomic E-state index is -3.71. The van der Waals surface area contributed by atoms with Crippen molar-refractivity contribution in [1.29, 1.82) is 0 Å². The van der Waals surface area contributed by atoms with Crippen molar-refractivity contribution in [3.05, 3.63) is 44.7 Å². The molecule has 0 saturated carbocycles. The van der Waals surface area contributed by atoms with E-state index in [9.17, 15) is 8.42 Å². The summed E-state index contributed by atoms with van der Waals surface area (Å²) in [4.78, 5) is 0.166. The first-order valence-corrected chi connectivity index (χ1v) is 9.10. The Morgan fingerprint density at radius 2 is 2.10 bits per heavy atom. The largest absolute Gasteiger partial charge is 0.389 e. The molecule has 1 aromatic heterocycles. The highest BCUT2D eigenvalue weighted by Crippen LogP contribution is 2.31. The van der Waals surface area contributed by atoms with Crippen LogP contribution in [0, 0.1) is 0 Å². The van der Waals surface area contributed by atoms with Gasteiger partial charge in [0.1, 0.15) is 4.99 Å². The van der Waals surface area contributed by atoms with Crippen LogP contribution in [0.3, 0.4) is 0 Å². The number of thiophene rings is 1. The van der Waals surface area contributed by atoms with Crippen molar-refractivity contribution in [3.8, 4) is 0 Å². The van der Waals surface area contributed by atoms with E-state index in [1.807, 2.05) is 0 Å². The van der Waals surface area contributed by atoms with Crippen molar-refractivity contribution in [2.75, 3.05) is 4.72 Å². The van der Waals surface area contributed by atoms with Crippen LogP contribution in [0.5, 0.6) is 0 Å². The van der Waals surface area contributed by atoms with Gasteiger partial charge in [0.2, 0.25) is 0 Å². The molecule has 0 radical (unpaired) electrons. The van der Waals surface area contributed by atoms with Crippen LogP contribution in [0.4, 0.5) is 5.69 Å². The lowest BCUT2D eigenvalue weighted by Gasteiger charge is -2.10. The van der Waals surface area contributed by atoms with Gasteiger partial charge < -0.3 is 5.73 Å². The molecule has 0 atom stereocenters. The number of sulfonamides is 1. The molecule has 0 bridgehead atoms. The summed E-state index contributed by atoms with van der Waals surface area (Å²) in [6.07, 6.45) is 0. The van der Waals surface area contributed by atoms with Crippen molar-refractivity contribution in [3.63, 3.8) is 0 Å². The molecule has 0 saturated heterocycles. The summed E-state index contributed by atoms with van der Waals surface area (Å²) in [5, 5.41) is 1.94. The molecule has 2 rings (SSSR count). The summed E-state index contributed by atoms with van der Waals surface area (Å²) in [5.41, 5.74) is 6.29. The number of thiocarbonyl (C=S) groups is 1. The van der Waals surface area contributed by atoms with E-state index in [2.05, 4.69) is 20.7 Å². The molecule has 1 heterocycles. The smallest absolute Gasteiger partial charge is 0.272 e. The fourth-order valence-corrected chi connectivity index (χ4v) is 5.18. The van der Waals surface area contributed by atoms with E-state index < -0.39 is 10.0 Å². The lowest BCUT2D eigenvalue weighted by molar-refractivity contribution is 0.603. The number of nitrogens with two attached hydrogens (primary N) is 1. The summed E-state index contributed by atoms with van der Waals surface area (Å²) in [5.74, 6) is 0. The van der Waals surface area contributed by atoms with Gasteiger partial charge in [0.05, 0.1) is 10.7 Å². The highest BCUT2D eigenvalue weighted by Gasteiger charge is 2.20. The van der Waals surface area contributed by atoms with E-state index >= 15 is 0 Å². The summed E-state index contributed by atoms with van der Waals surface area (Å²) in [6.45, 7) is 0. The number of nitrogens with one attached hydrogen (secondary N) is 1. The van der Waals surface area contributed by atoms with E-state index in [0.29, 0.717) is 10.0 Å². The molecule has 0 aliphatic carbocycles. The molecule has 0 amide bonds. The zero-order valence-electron chi connectivity index (χ0n) is 9.76. The minimum Gasteiger partial charge on any atom is -0.389 e. The average Bonchev–Trinajstić information content (AvgIpc) is 2.78. The van der Waals surface area contributed by atoms with Gasteiger partial charge in [-0.15, -0.1) is 11.3 Å². The number of anilines is 1. The average molecular weight is 412 g/mol. The Labute approximate surface area is 139 Å². The zero-order chi connectivity index (χ0) is 14.9. The molecule has 4 nitrogen and oxygen atoms in total. The highest BCUT2D eigenvalue weighted by molar-refractivity contribution is 9.10. The Hall–Kier alpha value is -0.670. The fourth-order valence-electron chi connectivity index (χ4n) is 1.42. The van der Waals surface area contributed by atoms with Gasteiger partial charge in [0.25, 0.3) is 10.0 Å². The Balaban J connectivity index is 2.42. The van der Waals surface area contributed by atoms with Gasteiger partial charge >= 0.3 is 0 Å². The minimum absolute atomic E-state index is 0.166. The molecular weight excluding hydrogens is 404 g/mol. The summed E-state index contributed by atoms with van der Waals surface area (Å²) >= 11 is 15.1. The number of halogens is 2. The normalized spacial score (nSPS) is 11.3. The van der Waals surface area contributed by atoms with Crippen molar-refractivity contribution in [2.24, 2.45) is 5.73 Å². The van der Waals surface area contributed by atoms with Gasteiger partial charge in [-0.1, -0.05) is 29.9 Å². The van der Waals surface area contributed by atoms with E-state index in [-0.39, 0.29) is 19.9 Å². The van der Waals surface area contributed by atoms with Crippen molar-refractivity contribution in [1.82, 2.24) is 0 Å². The Bertz CT molecular complexity index is 774. The van der Waals surface area contributed by atoms with Gasteiger partial charge in [-0.2, -0.15) is 0 Å². The Morgan fingerprint density at radius 3 is 2.65 bits per heavy atom. The highest BCUT2D eigenvalue weighted by atomic mass is 79.9. The van der Waals surface area contributed by atoms with Crippen molar-refractivity contribution < 1.29 is 8.42 Å². The molecule has 1 aromatic carbocycles. The van der Waals surface area contributed by atoms with E-state index in [1.54, 1.807) is 17.5 Å². The first kappa shape index (κ1) is 15.7. The lowest BCUT2D eigenvalue weighted by atomic mass is 10.2. The Kier molecular flexibility index (Phi) is 4.70. The second kappa shape index (κ2) is 5.98. The molecule has 0 aliphatic rings. The van der Waals surface area contributed by atoms with Crippen LogP contribution in [-0.2, 0) is 10.0 Å². The van der Waals surface area contributed by atoms with E-state index in [0.717, 1.165) is 11.3 Å². The van der Waals surface area contributed by atoms with Crippen molar-refractivity contribution in [2.45, 2.75) is 4.21 Å². The first-order valence-electron chi connectivity index (χ1n) is 5.16.